The van der Waals surface area contributed by atoms with E-state index in [4.69, 9.17) is 5.73 Å². The SMILES string of the molecule is CCn1c(SCC(=O)NC(N)=O)nnc1-c1ccccc1. The van der Waals surface area contributed by atoms with Crippen LogP contribution in [-0.2, 0) is 11.3 Å². The van der Waals surface area contributed by atoms with Gasteiger partial charge in [-0.3, -0.25) is 10.1 Å². The quantitative estimate of drug-likeness (QED) is 0.809. The van der Waals surface area contributed by atoms with Gasteiger partial charge in [0.2, 0.25) is 5.91 Å². The van der Waals surface area contributed by atoms with E-state index in [1.54, 1.807) is 0 Å². The van der Waals surface area contributed by atoms with Crippen LogP contribution < -0.4 is 11.1 Å². The van der Waals surface area contributed by atoms with Crippen molar-refractivity contribution in [3.05, 3.63) is 30.3 Å². The first-order valence-corrected chi connectivity index (χ1v) is 7.31. The number of carbonyl (C=O) groups is 2. The van der Waals surface area contributed by atoms with E-state index in [1.165, 1.54) is 11.8 Å². The van der Waals surface area contributed by atoms with E-state index < -0.39 is 11.9 Å². The summed E-state index contributed by atoms with van der Waals surface area (Å²) in [5.74, 6) is 0.339. The Labute approximate surface area is 125 Å². The van der Waals surface area contributed by atoms with E-state index in [0.29, 0.717) is 11.7 Å². The number of nitrogens with zero attached hydrogens (tertiary/aromatic N) is 3. The average molecular weight is 305 g/mol. The Bertz CT molecular complexity index is 641. The summed E-state index contributed by atoms with van der Waals surface area (Å²) >= 11 is 1.21. The lowest BCUT2D eigenvalue weighted by atomic mass is 10.2. The minimum atomic E-state index is -0.859. The molecule has 0 unspecified atom stereocenters. The van der Waals surface area contributed by atoms with Crippen LogP contribution in [0.25, 0.3) is 11.4 Å². The number of urea groups is 1. The summed E-state index contributed by atoms with van der Waals surface area (Å²) < 4.78 is 1.91. The van der Waals surface area contributed by atoms with E-state index in [0.717, 1.165) is 11.4 Å². The van der Waals surface area contributed by atoms with Crippen molar-refractivity contribution in [1.29, 1.82) is 0 Å². The molecule has 1 heterocycles. The molecule has 0 aliphatic carbocycles. The molecular weight excluding hydrogens is 290 g/mol. The highest BCUT2D eigenvalue weighted by molar-refractivity contribution is 7.99. The monoisotopic (exact) mass is 305 g/mol. The average Bonchev–Trinajstić information content (AvgIpc) is 2.88. The summed E-state index contributed by atoms with van der Waals surface area (Å²) in [5, 5.41) is 10.9. The molecule has 0 fully saturated rings. The number of imide groups is 1. The van der Waals surface area contributed by atoms with E-state index in [2.05, 4.69) is 10.2 Å². The van der Waals surface area contributed by atoms with Crippen molar-refractivity contribution in [3.63, 3.8) is 0 Å². The van der Waals surface area contributed by atoms with Crippen LogP contribution in [-0.4, -0.2) is 32.5 Å². The Morgan fingerprint density at radius 2 is 2.00 bits per heavy atom. The maximum atomic E-state index is 11.4. The maximum Gasteiger partial charge on any atom is 0.318 e. The first-order chi connectivity index (χ1) is 10.1. The molecule has 0 saturated carbocycles. The van der Waals surface area contributed by atoms with Crippen LogP contribution in [0.3, 0.4) is 0 Å². The summed E-state index contributed by atoms with van der Waals surface area (Å²) in [6.45, 7) is 2.65. The van der Waals surface area contributed by atoms with Crippen LogP contribution in [0.15, 0.2) is 35.5 Å². The largest absolute Gasteiger partial charge is 0.351 e. The number of amides is 3. The van der Waals surface area contributed by atoms with Gasteiger partial charge in [0.15, 0.2) is 11.0 Å². The molecule has 2 rings (SSSR count). The third-order valence-electron chi connectivity index (χ3n) is 2.66. The molecule has 0 radical (unpaired) electrons. The van der Waals surface area contributed by atoms with Gasteiger partial charge in [0.05, 0.1) is 5.75 Å². The highest BCUT2D eigenvalue weighted by atomic mass is 32.2. The van der Waals surface area contributed by atoms with Gasteiger partial charge in [-0.25, -0.2) is 4.79 Å². The zero-order chi connectivity index (χ0) is 15.2. The minimum absolute atomic E-state index is 0.0515. The van der Waals surface area contributed by atoms with E-state index in [-0.39, 0.29) is 5.75 Å². The molecule has 0 aliphatic heterocycles. The van der Waals surface area contributed by atoms with Crippen LogP contribution in [0.2, 0.25) is 0 Å². The highest BCUT2D eigenvalue weighted by Gasteiger charge is 2.14. The van der Waals surface area contributed by atoms with Crippen molar-refractivity contribution in [2.75, 3.05) is 5.75 Å². The number of aromatic nitrogens is 3. The van der Waals surface area contributed by atoms with Gasteiger partial charge in [-0.1, -0.05) is 42.1 Å². The van der Waals surface area contributed by atoms with Crippen LogP contribution >= 0.6 is 11.8 Å². The van der Waals surface area contributed by atoms with Crippen molar-refractivity contribution in [3.8, 4) is 11.4 Å². The van der Waals surface area contributed by atoms with Crippen molar-refractivity contribution in [2.24, 2.45) is 5.73 Å². The molecule has 3 amide bonds. The topological polar surface area (TPSA) is 103 Å². The van der Waals surface area contributed by atoms with E-state index in [1.807, 2.05) is 47.1 Å². The number of nitrogens with one attached hydrogen (secondary N) is 1. The van der Waals surface area contributed by atoms with Crippen molar-refractivity contribution in [1.82, 2.24) is 20.1 Å². The van der Waals surface area contributed by atoms with Crippen LogP contribution in [0, 0.1) is 0 Å². The standard InChI is InChI=1S/C13H15N5O2S/c1-2-18-11(9-6-4-3-5-7-9)16-17-13(18)21-8-10(19)15-12(14)20/h3-7H,2,8H2,1H3,(H3,14,15,19,20). The molecule has 2 aromatic rings. The van der Waals surface area contributed by atoms with Crippen LogP contribution in [0.1, 0.15) is 6.92 Å². The van der Waals surface area contributed by atoms with Gasteiger partial charge >= 0.3 is 6.03 Å². The molecule has 8 heteroatoms. The number of benzene rings is 1. The zero-order valence-electron chi connectivity index (χ0n) is 11.4. The molecule has 110 valence electrons. The number of carbonyl (C=O) groups excluding carboxylic acids is 2. The molecular formula is C13H15N5O2S. The molecule has 7 nitrogen and oxygen atoms in total. The zero-order valence-corrected chi connectivity index (χ0v) is 12.3. The Morgan fingerprint density at radius 1 is 1.29 bits per heavy atom. The number of thioether (sulfide) groups is 1. The van der Waals surface area contributed by atoms with Gasteiger partial charge in [0.25, 0.3) is 0 Å². The Hall–Kier alpha value is -2.35. The summed E-state index contributed by atoms with van der Waals surface area (Å²) in [7, 11) is 0. The second-order valence-corrected chi connectivity index (χ2v) is 5.06. The van der Waals surface area contributed by atoms with Gasteiger partial charge in [0.1, 0.15) is 0 Å². The second-order valence-electron chi connectivity index (χ2n) is 4.12. The van der Waals surface area contributed by atoms with Crippen LogP contribution in [0.4, 0.5) is 4.79 Å². The lowest BCUT2D eigenvalue weighted by Crippen LogP contribution is -2.36. The molecule has 0 bridgehead atoms. The van der Waals surface area contributed by atoms with Crippen molar-refractivity contribution >= 4 is 23.7 Å². The third-order valence-corrected chi connectivity index (χ3v) is 3.63. The highest BCUT2D eigenvalue weighted by Crippen LogP contribution is 2.23. The number of primary amides is 1. The van der Waals surface area contributed by atoms with Gasteiger partial charge in [0, 0.05) is 12.1 Å². The normalized spacial score (nSPS) is 10.3. The van der Waals surface area contributed by atoms with Crippen molar-refractivity contribution < 1.29 is 9.59 Å². The third kappa shape index (κ3) is 3.82. The van der Waals surface area contributed by atoms with E-state index in [9.17, 15) is 9.59 Å². The van der Waals surface area contributed by atoms with E-state index >= 15 is 0 Å². The summed E-state index contributed by atoms with van der Waals surface area (Å²) in [4.78, 5) is 22.0. The summed E-state index contributed by atoms with van der Waals surface area (Å²) in [5.41, 5.74) is 5.84. The van der Waals surface area contributed by atoms with Crippen molar-refractivity contribution in [2.45, 2.75) is 18.6 Å². The maximum absolute atomic E-state index is 11.4. The molecule has 3 N–H and O–H groups in total. The first-order valence-electron chi connectivity index (χ1n) is 6.32. The fraction of sp³-hybridized carbons (Fsp3) is 0.231. The second kappa shape index (κ2) is 6.89. The predicted molar refractivity (Wildman–Crippen MR) is 79.6 cm³/mol. The minimum Gasteiger partial charge on any atom is -0.351 e. The summed E-state index contributed by atoms with van der Waals surface area (Å²) in [6.07, 6.45) is 0. The molecule has 0 saturated heterocycles. The number of nitrogens with two attached hydrogens (primary N) is 1. The molecule has 0 spiro atoms. The Kier molecular flexibility index (Phi) is 4.94. The predicted octanol–water partition coefficient (Wildman–Crippen LogP) is 1.25. The molecule has 0 aliphatic rings. The fourth-order valence-corrected chi connectivity index (χ4v) is 2.59. The van der Waals surface area contributed by atoms with Gasteiger partial charge < -0.3 is 10.3 Å². The molecule has 0 atom stereocenters. The molecule has 21 heavy (non-hydrogen) atoms. The Balaban J connectivity index is 2.13. The lowest BCUT2D eigenvalue weighted by Gasteiger charge is -2.07. The lowest BCUT2D eigenvalue weighted by molar-refractivity contribution is -0.117. The van der Waals surface area contributed by atoms with Crippen LogP contribution in [0.5, 0.6) is 0 Å². The van der Waals surface area contributed by atoms with Gasteiger partial charge in [-0.2, -0.15) is 0 Å². The van der Waals surface area contributed by atoms with Gasteiger partial charge in [-0.15, -0.1) is 10.2 Å². The van der Waals surface area contributed by atoms with Gasteiger partial charge in [-0.05, 0) is 6.92 Å². The number of rotatable bonds is 5. The number of hydrogen-bond acceptors (Lipinski definition) is 5. The Morgan fingerprint density at radius 3 is 2.62 bits per heavy atom. The fourth-order valence-electron chi connectivity index (χ4n) is 1.78. The summed E-state index contributed by atoms with van der Waals surface area (Å²) in [6, 6.07) is 8.82. The first kappa shape index (κ1) is 15.0. The smallest absolute Gasteiger partial charge is 0.318 e. The molecule has 1 aromatic carbocycles. The number of hydrogen-bond donors (Lipinski definition) is 2. The molecule has 1 aromatic heterocycles.